The number of aryl methyl sites for hydroxylation is 1. The van der Waals surface area contributed by atoms with Gasteiger partial charge < -0.3 is 4.52 Å². The number of benzene rings is 1. The summed E-state index contributed by atoms with van der Waals surface area (Å²) in [6.07, 6.45) is 14.9. The van der Waals surface area contributed by atoms with Crippen molar-refractivity contribution in [3.63, 3.8) is 0 Å². The van der Waals surface area contributed by atoms with Gasteiger partial charge in [-0.3, -0.25) is 4.57 Å². The van der Waals surface area contributed by atoms with Crippen LogP contribution in [0.5, 0.6) is 5.75 Å². The average molecular weight is 310 g/mol. The SMILES string of the molecule is CCCCCCCCCCCCc1ccc(O[PH2]=O)cc1. The minimum absolute atomic E-state index is 0.715. The fraction of sp³-hybridized carbons (Fsp3) is 0.667. The third-order valence-corrected chi connectivity index (χ3v) is 4.29. The Kier molecular flexibility index (Phi) is 11.3. The van der Waals surface area contributed by atoms with Gasteiger partial charge in [0.1, 0.15) is 5.75 Å². The van der Waals surface area contributed by atoms with Crippen LogP contribution in [-0.2, 0) is 11.0 Å². The summed E-state index contributed by atoms with van der Waals surface area (Å²) in [7, 11) is -1.15. The van der Waals surface area contributed by atoms with E-state index < -0.39 is 8.69 Å². The fourth-order valence-corrected chi connectivity index (χ4v) is 2.88. The molecule has 0 aliphatic rings. The Morgan fingerprint density at radius 1 is 0.810 bits per heavy atom. The lowest BCUT2D eigenvalue weighted by atomic mass is 10.0. The molecule has 1 unspecified atom stereocenters. The highest BCUT2D eigenvalue weighted by molar-refractivity contribution is 7.17. The minimum Gasteiger partial charge on any atom is -0.447 e. The standard InChI is InChI=1S/C18H31O2P/c1-2-3-4-5-6-7-8-9-10-11-12-17-13-15-18(16-14-17)20-21-19/h13-16H,2-12,21H2,1H3. The van der Waals surface area contributed by atoms with Crippen LogP contribution < -0.4 is 4.52 Å². The quantitative estimate of drug-likeness (QED) is 0.320. The van der Waals surface area contributed by atoms with Gasteiger partial charge in [0.2, 0.25) is 8.69 Å². The molecule has 0 heterocycles. The summed E-state index contributed by atoms with van der Waals surface area (Å²) >= 11 is 0. The van der Waals surface area contributed by atoms with Crippen molar-refractivity contribution in [2.75, 3.05) is 0 Å². The van der Waals surface area contributed by atoms with Crippen LogP contribution in [0.1, 0.15) is 76.7 Å². The zero-order valence-corrected chi connectivity index (χ0v) is 14.6. The molecule has 0 aliphatic heterocycles. The van der Waals surface area contributed by atoms with Crippen molar-refractivity contribution in [3.8, 4) is 5.75 Å². The van der Waals surface area contributed by atoms with Crippen LogP contribution in [-0.4, -0.2) is 0 Å². The first kappa shape index (κ1) is 18.3. The summed E-state index contributed by atoms with van der Waals surface area (Å²) in [5, 5.41) is 0. The smallest absolute Gasteiger partial charge is 0.225 e. The predicted octanol–water partition coefficient (Wildman–Crippen LogP) is 6.20. The van der Waals surface area contributed by atoms with Crippen LogP contribution in [0.4, 0.5) is 0 Å². The number of hydrogen-bond acceptors (Lipinski definition) is 2. The Hall–Kier alpha value is -0.750. The predicted molar refractivity (Wildman–Crippen MR) is 93.0 cm³/mol. The van der Waals surface area contributed by atoms with Gasteiger partial charge in [-0.2, -0.15) is 0 Å². The maximum Gasteiger partial charge on any atom is 0.225 e. The maximum atomic E-state index is 10.4. The van der Waals surface area contributed by atoms with Crippen LogP contribution in [0.3, 0.4) is 0 Å². The van der Waals surface area contributed by atoms with Crippen LogP contribution in [0.15, 0.2) is 24.3 Å². The number of rotatable bonds is 13. The molecule has 0 amide bonds. The van der Waals surface area contributed by atoms with Crippen molar-refractivity contribution < 1.29 is 9.09 Å². The second-order valence-electron chi connectivity index (χ2n) is 5.79. The molecule has 21 heavy (non-hydrogen) atoms. The Morgan fingerprint density at radius 3 is 1.86 bits per heavy atom. The van der Waals surface area contributed by atoms with E-state index in [1.165, 1.54) is 69.8 Å². The molecular formula is C18H31O2P. The van der Waals surface area contributed by atoms with Gasteiger partial charge in [-0.1, -0.05) is 76.8 Å². The molecule has 0 fully saturated rings. The van der Waals surface area contributed by atoms with Crippen molar-refractivity contribution in [1.29, 1.82) is 0 Å². The lowest BCUT2D eigenvalue weighted by Gasteiger charge is -2.04. The van der Waals surface area contributed by atoms with Gasteiger partial charge in [-0.05, 0) is 30.5 Å². The first-order chi connectivity index (χ1) is 10.4. The summed E-state index contributed by atoms with van der Waals surface area (Å²) in [5.41, 5.74) is 1.35. The molecule has 0 saturated carbocycles. The molecule has 0 bridgehead atoms. The second-order valence-corrected chi connectivity index (χ2v) is 6.22. The highest BCUT2D eigenvalue weighted by Crippen LogP contribution is 2.17. The average Bonchev–Trinajstić information content (AvgIpc) is 2.51. The second kappa shape index (κ2) is 13.0. The van der Waals surface area contributed by atoms with Gasteiger partial charge in [0, 0.05) is 0 Å². The molecular weight excluding hydrogens is 279 g/mol. The summed E-state index contributed by atoms with van der Waals surface area (Å²) in [6, 6.07) is 7.99. The highest BCUT2D eigenvalue weighted by atomic mass is 31.1. The molecule has 3 heteroatoms. The lowest BCUT2D eigenvalue weighted by Crippen LogP contribution is -1.87. The zero-order valence-electron chi connectivity index (χ0n) is 13.5. The van der Waals surface area contributed by atoms with Crippen molar-refractivity contribution in [3.05, 3.63) is 29.8 Å². The Labute approximate surface area is 131 Å². The molecule has 2 nitrogen and oxygen atoms in total. The van der Waals surface area contributed by atoms with Gasteiger partial charge in [-0.15, -0.1) is 0 Å². The molecule has 0 aliphatic carbocycles. The van der Waals surface area contributed by atoms with E-state index in [0.29, 0.717) is 5.75 Å². The minimum atomic E-state index is -1.15. The van der Waals surface area contributed by atoms with Crippen molar-refractivity contribution in [2.24, 2.45) is 0 Å². The van der Waals surface area contributed by atoms with Gasteiger partial charge in [0.25, 0.3) is 0 Å². The summed E-state index contributed by atoms with van der Waals surface area (Å²) < 4.78 is 15.4. The molecule has 0 N–H and O–H groups in total. The third kappa shape index (κ3) is 9.74. The molecule has 1 aromatic rings. The van der Waals surface area contributed by atoms with E-state index in [2.05, 4.69) is 19.1 Å². The van der Waals surface area contributed by atoms with E-state index >= 15 is 0 Å². The van der Waals surface area contributed by atoms with Crippen LogP contribution in [0.2, 0.25) is 0 Å². The molecule has 1 rings (SSSR count). The third-order valence-electron chi connectivity index (χ3n) is 3.93. The van der Waals surface area contributed by atoms with Gasteiger partial charge >= 0.3 is 0 Å². The maximum absolute atomic E-state index is 10.4. The summed E-state index contributed by atoms with van der Waals surface area (Å²) in [5.74, 6) is 0.715. The molecule has 120 valence electrons. The fourth-order valence-electron chi connectivity index (χ4n) is 2.61. The van der Waals surface area contributed by atoms with E-state index in [0.717, 1.165) is 6.42 Å². The molecule has 1 aromatic carbocycles. The van der Waals surface area contributed by atoms with Gasteiger partial charge in [0.05, 0.1) is 0 Å². The topological polar surface area (TPSA) is 26.3 Å². The van der Waals surface area contributed by atoms with Crippen LogP contribution >= 0.6 is 8.69 Å². The van der Waals surface area contributed by atoms with E-state index in [-0.39, 0.29) is 0 Å². The molecule has 0 spiro atoms. The summed E-state index contributed by atoms with van der Waals surface area (Å²) in [4.78, 5) is 0. The zero-order chi connectivity index (χ0) is 15.2. The first-order valence-corrected chi connectivity index (χ1v) is 9.50. The van der Waals surface area contributed by atoms with E-state index in [9.17, 15) is 4.57 Å². The molecule has 0 saturated heterocycles. The molecule has 0 aromatic heterocycles. The van der Waals surface area contributed by atoms with Crippen LogP contribution in [0.25, 0.3) is 0 Å². The lowest BCUT2D eigenvalue weighted by molar-refractivity contribution is 0.525. The highest BCUT2D eigenvalue weighted by Gasteiger charge is 1.96. The number of hydrogen-bond donors (Lipinski definition) is 0. The first-order valence-electron chi connectivity index (χ1n) is 8.56. The van der Waals surface area contributed by atoms with Crippen molar-refractivity contribution in [2.45, 2.75) is 77.6 Å². The van der Waals surface area contributed by atoms with Gasteiger partial charge in [0.15, 0.2) is 0 Å². The van der Waals surface area contributed by atoms with Crippen LogP contribution in [0, 0.1) is 0 Å². The van der Waals surface area contributed by atoms with E-state index in [1.807, 2.05) is 12.1 Å². The monoisotopic (exact) mass is 310 g/mol. The van der Waals surface area contributed by atoms with E-state index in [4.69, 9.17) is 4.52 Å². The summed E-state index contributed by atoms with van der Waals surface area (Å²) in [6.45, 7) is 2.27. The van der Waals surface area contributed by atoms with E-state index in [1.54, 1.807) is 0 Å². The molecule has 0 radical (unpaired) electrons. The Bertz CT molecular complexity index is 362. The molecule has 1 atom stereocenters. The largest absolute Gasteiger partial charge is 0.447 e. The normalized spacial score (nSPS) is 11.3. The Balaban J connectivity index is 1.95. The van der Waals surface area contributed by atoms with Crippen molar-refractivity contribution in [1.82, 2.24) is 0 Å². The van der Waals surface area contributed by atoms with Gasteiger partial charge in [-0.25, -0.2) is 0 Å². The van der Waals surface area contributed by atoms with Crippen molar-refractivity contribution >= 4 is 8.69 Å². The number of unbranched alkanes of at least 4 members (excludes halogenated alkanes) is 9. The Morgan fingerprint density at radius 2 is 1.33 bits per heavy atom.